The van der Waals surface area contributed by atoms with Crippen LogP contribution in [0, 0.1) is 5.92 Å². The van der Waals surface area contributed by atoms with Crippen molar-refractivity contribution in [2.24, 2.45) is 5.92 Å². The fourth-order valence-electron chi connectivity index (χ4n) is 1.90. The molecule has 1 rings (SSSR count). The van der Waals surface area contributed by atoms with E-state index in [4.69, 9.17) is 0 Å². The van der Waals surface area contributed by atoms with Crippen LogP contribution < -0.4 is 0 Å². The number of hydrogen-bond acceptors (Lipinski definition) is 2. The molecule has 0 aliphatic rings. The Morgan fingerprint density at radius 2 is 2.19 bits per heavy atom. The van der Waals surface area contributed by atoms with Gasteiger partial charge in [-0.3, -0.25) is 0 Å². The molecule has 0 aromatic carbocycles. The summed E-state index contributed by atoms with van der Waals surface area (Å²) in [6.45, 7) is 7.49. The summed E-state index contributed by atoms with van der Waals surface area (Å²) < 4.78 is 2.14. The highest BCUT2D eigenvalue weighted by atomic mass is 16.3. The molecule has 2 atom stereocenters. The summed E-state index contributed by atoms with van der Waals surface area (Å²) in [5.74, 6) is 1.60. The van der Waals surface area contributed by atoms with E-state index >= 15 is 0 Å². The monoisotopic (exact) mass is 224 g/mol. The van der Waals surface area contributed by atoms with Crippen molar-refractivity contribution in [1.29, 1.82) is 0 Å². The Labute approximate surface area is 98.5 Å². The van der Waals surface area contributed by atoms with E-state index in [0.29, 0.717) is 12.3 Å². The van der Waals surface area contributed by atoms with Crippen LogP contribution in [-0.4, -0.2) is 20.8 Å². The van der Waals surface area contributed by atoms with Crippen molar-refractivity contribution < 1.29 is 5.11 Å². The normalized spacial score (nSPS) is 15.0. The molecule has 0 saturated heterocycles. The number of imidazole rings is 1. The van der Waals surface area contributed by atoms with Gasteiger partial charge >= 0.3 is 0 Å². The molecular formula is C13H24N2O. The molecule has 0 amide bonds. The second-order valence-corrected chi connectivity index (χ2v) is 4.64. The summed E-state index contributed by atoms with van der Waals surface area (Å²) >= 11 is 0. The van der Waals surface area contributed by atoms with Crippen LogP contribution in [0.4, 0.5) is 0 Å². The van der Waals surface area contributed by atoms with E-state index in [0.717, 1.165) is 31.6 Å². The predicted octanol–water partition coefficient (Wildman–Crippen LogP) is 2.63. The quantitative estimate of drug-likeness (QED) is 0.773. The minimum absolute atomic E-state index is 0.257. The van der Waals surface area contributed by atoms with Gasteiger partial charge in [-0.15, -0.1) is 0 Å². The largest absolute Gasteiger partial charge is 0.393 e. The van der Waals surface area contributed by atoms with Gasteiger partial charge in [-0.1, -0.05) is 27.2 Å². The Kier molecular flexibility index (Phi) is 5.53. The van der Waals surface area contributed by atoms with Gasteiger partial charge in [-0.2, -0.15) is 0 Å². The molecule has 0 aliphatic carbocycles. The zero-order valence-electron chi connectivity index (χ0n) is 10.7. The molecule has 92 valence electrons. The maximum atomic E-state index is 9.96. The van der Waals surface area contributed by atoms with Crippen molar-refractivity contribution in [3.8, 4) is 0 Å². The Hall–Kier alpha value is -0.830. The van der Waals surface area contributed by atoms with Crippen LogP contribution in [0.15, 0.2) is 12.4 Å². The predicted molar refractivity (Wildman–Crippen MR) is 66.3 cm³/mol. The fraction of sp³-hybridized carbons (Fsp3) is 0.769. The fourth-order valence-corrected chi connectivity index (χ4v) is 1.90. The summed E-state index contributed by atoms with van der Waals surface area (Å²) in [7, 11) is 0. The van der Waals surface area contributed by atoms with E-state index in [1.807, 2.05) is 12.4 Å². The summed E-state index contributed by atoms with van der Waals surface area (Å²) in [5.41, 5.74) is 0. The third-order valence-electron chi connectivity index (χ3n) is 3.06. The van der Waals surface area contributed by atoms with Gasteiger partial charge in [0, 0.05) is 25.4 Å². The van der Waals surface area contributed by atoms with Crippen molar-refractivity contribution in [3.63, 3.8) is 0 Å². The van der Waals surface area contributed by atoms with Crippen LogP contribution in [0.25, 0.3) is 0 Å². The SMILES string of the molecule is CCCn1ccnc1CC(O)CC(C)CC. The van der Waals surface area contributed by atoms with Crippen LogP contribution in [-0.2, 0) is 13.0 Å². The highest BCUT2D eigenvalue weighted by Crippen LogP contribution is 2.13. The number of nitrogens with zero attached hydrogens (tertiary/aromatic N) is 2. The summed E-state index contributed by atoms with van der Waals surface area (Å²) in [6.07, 6.45) is 7.33. The molecule has 0 aliphatic heterocycles. The topological polar surface area (TPSA) is 38.0 Å². The summed E-state index contributed by atoms with van der Waals surface area (Å²) in [6, 6.07) is 0. The molecule has 1 aromatic rings. The van der Waals surface area contributed by atoms with Crippen molar-refractivity contribution in [3.05, 3.63) is 18.2 Å². The van der Waals surface area contributed by atoms with Gasteiger partial charge < -0.3 is 9.67 Å². The number of aromatic nitrogens is 2. The second-order valence-electron chi connectivity index (χ2n) is 4.64. The minimum Gasteiger partial charge on any atom is -0.393 e. The van der Waals surface area contributed by atoms with Gasteiger partial charge in [0.05, 0.1) is 6.10 Å². The highest BCUT2D eigenvalue weighted by Gasteiger charge is 2.12. The first-order valence-electron chi connectivity index (χ1n) is 6.35. The Morgan fingerprint density at radius 3 is 2.81 bits per heavy atom. The molecule has 16 heavy (non-hydrogen) atoms. The molecule has 0 fully saturated rings. The molecule has 0 radical (unpaired) electrons. The van der Waals surface area contributed by atoms with Crippen molar-refractivity contribution in [2.75, 3.05) is 0 Å². The van der Waals surface area contributed by atoms with Gasteiger partial charge in [0.1, 0.15) is 5.82 Å². The molecule has 3 heteroatoms. The molecule has 1 aromatic heterocycles. The lowest BCUT2D eigenvalue weighted by Crippen LogP contribution is -2.17. The number of aliphatic hydroxyl groups excluding tert-OH is 1. The van der Waals surface area contributed by atoms with Gasteiger partial charge in [0.2, 0.25) is 0 Å². The second kappa shape index (κ2) is 6.69. The summed E-state index contributed by atoms with van der Waals surface area (Å²) in [5, 5.41) is 9.96. The number of aliphatic hydroxyl groups is 1. The van der Waals surface area contributed by atoms with Crippen LogP contribution in [0.1, 0.15) is 45.9 Å². The van der Waals surface area contributed by atoms with Gasteiger partial charge in [-0.05, 0) is 18.8 Å². The Morgan fingerprint density at radius 1 is 1.44 bits per heavy atom. The molecule has 0 spiro atoms. The smallest absolute Gasteiger partial charge is 0.111 e. The third-order valence-corrected chi connectivity index (χ3v) is 3.06. The lowest BCUT2D eigenvalue weighted by Gasteiger charge is -2.15. The molecule has 0 saturated carbocycles. The van der Waals surface area contributed by atoms with E-state index in [2.05, 4.69) is 30.3 Å². The van der Waals surface area contributed by atoms with Crippen molar-refractivity contribution in [1.82, 2.24) is 9.55 Å². The van der Waals surface area contributed by atoms with Gasteiger partial charge in [0.15, 0.2) is 0 Å². The van der Waals surface area contributed by atoms with E-state index in [-0.39, 0.29) is 6.10 Å². The first-order chi connectivity index (χ1) is 7.67. The molecular weight excluding hydrogens is 200 g/mol. The highest BCUT2D eigenvalue weighted by molar-refractivity contribution is 4.94. The van der Waals surface area contributed by atoms with Crippen LogP contribution >= 0.6 is 0 Å². The van der Waals surface area contributed by atoms with E-state index < -0.39 is 0 Å². The van der Waals surface area contributed by atoms with Crippen LogP contribution in [0.2, 0.25) is 0 Å². The van der Waals surface area contributed by atoms with E-state index in [1.165, 1.54) is 0 Å². The first-order valence-corrected chi connectivity index (χ1v) is 6.35. The standard InChI is InChI=1S/C13H24N2O/c1-4-7-15-8-6-14-13(15)10-12(16)9-11(3)5-2/h6,8,11-12,16H,4-5,7,9-10H2,1-3H3. The zero-order chi connectivity index (χ0) is 12.0. The number of rotatable bonds is 7. The lowest BCUT2D eigenvalue weighted by molar-refractivity contribution is 0.141. The van der Waals surface area contributed by atoms with E-state index in [9.17, 15) is 5.11 Å². The Bertz CT molecular complexity index is 296. The van der Waals surface area contributed by atoms with E-state index in [1.54, 1.807) is 0 Å². The molecule has 1 N–H and O–H groups in total. The Balaban J connectivity index is 2.48. The molecule has 3 nitrogen and oxygen atoms in total. The van der Waals surface area contributed by atoms with Crippen molar-refractivity contribution >= 4 is 0 Å². The molecule has 1 heterocycles. The average molecular weight is 224 g/mol. The third kappa shape index (κ3) is 3.97. The zero-order valence-corrected chi connectivity index (χ0v) is 10.7. The minimum atomic E-state index is -0.257. The summed E-state index contributed by atoms with van der Waals surface area (Å²) in [4.78, 5) is 4.31. The maximum Gasteiger partial charge on any atom is 0.111 e. The van der Waals surface area contributed by atoms with Crippen LogP contribution in [0.3, 0.4) is 0 Å². The first kappa shape index (κ1) is 13.2. The van der Waals surface area contributed by atoms with Gasteiger partial charge in [0.25, 0.3) is 0 Å². The average Bonchev–Trinajstić information content (AvgIpc) is 2.66. The number of aryl methyl sites for hydroxylation is 1. The molecule has 2 unspecified atom stereocenters. The molecule has 0 bridgehead atoms. The maximum absolute atomic E-state index is 9.96. The van der Waals surface area contributed by atoms with Gasteiger partial charge in [-0.25, -0.2) is 4.98 Å². The number of hydrogen-bond donors (Lipinski definition) is 1. The lowest BCUT2D eigenvalue weighted by atomic mass is 9.99. The van der Waals surface area contributed by atoms with Crippen LogP contribution in [0.5, 0.6) is 0 Å². The van der Waals surface area contributed by atoms with Crippen molar-refractivity contribution in [2.45, 2.75) is 59.1 Å².